The fourth-order valence-corrected chi connectivity index (χ4v) is 11.1. The maximum absolute atomic E-state index is 14.4. The number of hydrogen-bond donors (Lipinski definition) is 1. The third kappa shape index (κ3) is 3.45. The first kappa shape index (κ1) is 28.2. The minimum absolute atomic E-state index is 0.0867. The fraction of sp³-hybridized carbons (Fsp3) is 0.844. The Hall–Kier alpha value is -1.36. The Morgan fingerprint density at radius 1 is 1.00 bits per heavy atom. The molecule has 0 bridgehead atoms. The fourth-order valence-electron chi connectivity index (χ4n) is 11.0. The number of ketones is 1. The summed E-state index contributed by atoms with van der Waals surface area (Å²) in [6.07, 6.45) is 8.68. The molecule has 0 aromatic rings. The number of carboxylic acids is 1. The molecule has 4 saturated carbocycles. The van der Waals surface area contributed by atoms with Crippen LogP contribution in [0.4, 0.5) is 0 Å². The Morgan fingerprint density at radius 3 is 2.32 bits per heavy atom. The van der Waals surface area contributed by atoms with E-state index in [1.54, 1.807) is 6.92 Å². The molecule has 38 heavy (non-hydrogen) atoms. The van der Waals surface area contributed by atoms with Gasteiger partial charge >= 0.3 is 11.9 Å². The number of carboxylic acid groups (broad SMARTS) is 1. The summed E-state index contributed by atoms with van der Waals surface area (Å²) in [5.41, 5.74) is -0.440. The van der Waals surface area contributed by atoms with Crippen LogP contribution in [-0.4, -0.2) is 34.8 Å². The molecule has 0 aromatic carbocycles. The molecule has 5 aliphatic carbocycles. The number of rotatable bonds is 3. The Kier molecular flexibility index (Phi) is 6.54. The van der Waals surface area contributed by atoms with Gasteiger partial charge in [-0.25, -0.2) is 0 Å². The molecule has 5 aliphatic rings. The van der Waals surface area contributed by atoms with E-state index in [2.05, 4.69) is 41.5 Å². The van der Waals surface area contributed by atoms with Gasteiger partial charge in [0, 0.05) is 5.92 Å². The van der Waals surface area contributed by atoms with E-state index in [1.807, 2.05) is 6.08 Å². The van der Waals surface area contributed by atoms with Crippen LogP contribution in [0.5, 0.6) is 0 Å². The van der Waals surface area contributed by atoms with Crippen molar-refractivity contribution in [1.82, 2.24) is 0 Å². The van der Waals surface area contributed by atoms with Crippen molar-refractivity contribution in [3.8, 4) is 0 Å². The average molecular weight is 547 g/mol. The molecule has 212 valence electrons. The van der Waals surface area contributed by atoms with Gasteiger partial charge in [0.2, 0.25) is 0 Å². The van der Waals surface area contributed by atoms with E-state index < -0.39 is 28.9 Å². The molecular weight excluding hydrogens is 500 g/mol. The van der Waals surface area contributed by atoms with E-state index in [4.69, 9.17) is 16.3 Å². The van der Waals surface area contributed by atoms with Crippen LogP contribution in [0, 0.1) is 56.7 Å². The SMILES string of the molecule is C[C@@H]1CC[C@]2(C)CC[C@]3(C)C(=CC(=O)C4[C@@]5(C)CCC(OC(=O)CCl)[C@](C)(C(=O)O)C5CC[C@]43C)C2[C@H]1C. The van der Waals surface area contributed by atoms with Gasteiger partial charge in [0.05, 0.1) is 0 Å². The second-order valence-corrected chi connectivity index (χ2v) is 15.3. The Balaban J connectivity index is 1.60. The molecule has 1 N–H and O–H groups in total. The highest BCUT2D eigenvalue weighted by Gasteiger charge is 2.72. The first-order chi connectivity index (χ1) is 17.6. The molecule has 0 spiro atoms. The zero-order valence-corrected chi connectivity index (χ0v) is 25.1. The summed E-state index contributed by atoms with van der Waals surface area (Å²) < 4.78 is 5.65. The average Bonchev–Trinajstić information content (AvgIpc) is 2.84. The van der Waals surface area contributed by atoms with Crippen molar-refractivity contribution in [3.63, 3.8) is 0 Å². The first-order valence-corrected chi connectivity index (χ1v) is 15.4. The zero-order valence-electron chi connectivity index (χ0n) is 24.4. The van der Waals surface area contributed by atoms with Crippen LogP contribution < -0.4 is 0 Å². The van der Waals surface area contributed by atoms with Gasteiger partial charge in [0.1, 0.15) is 17.4 Å². The number of ether oxygens (including phenoxy) is 1. The van der Waals surface area contributed by atoms with E-state index in [1.165, 1.54) is 24.8 Å². The Morgan fingerprint density at radius 2 is 1.68 bits per heavy atom. The van der Waals surface area contributed by atoms with Gasteiger partial charge in [-0.15, -0.1) is 11.6 Å². The number of hydrogen-bond acceptors (Lipinski definition) is 4. The second-order valence-electron chi connectivity index (χ2n) is 15.0. The predicted octanol–water partition coefficient (Wildman–Crippen LogP) is 7.06. The van der Waals surface area contributed by atoms with Gasteiger partial charge < -0.3 is 9.84 Å². The molecule has 11 atom stereocenters. The van der Waals surface area contributed by atoms with E-state index in [0.717, 1.165) is 12.8 Å². The number of alkyl halides is 1. The molecule has 0 aliphatic heterocycles. The quantitative estimate of drug-likeness (QED) is 0.303. The topological polar surface area (TPSA) is 80.7 Å². The van der Waals surface area contributed by atoms with E-state index in [9.17, 15) is 19.5 Å². The number of halogens is 1. The van der Waals surface area contributed by atoms with Crippen molar-refractivity contribution in [2.45, 2.75) is 106 Å². The minimum atomic E-state index is -1.26. The summed E-state index contributed by atoms with van der Waals surface area (Å²) >= 11 is 5.72. The number of carbonyl (C=O) groups excluding carboxylic acids is 2. The van der Waals surface area contributed by atoms with Gasteiger partial charge in [0.25, 0.3) is 0 Å². The van der Waals surface area contributed by atoms with Gasteiger partial charge in [-0.3, -0.25) is 14.4 Å². The first-order valence-electron chi connectivity index (χ1n) is 14.8. The van der Waals surface area contributed by atoms with Crippen LogP contribution >= 0.6 is 11.6 Å². The largest absolute Gasteiger partial charge is 0.481 e. The van der Waals surface area contributed by atoms with Crippen molar-refractivity contribution in [2.24, 2.45) is 56.7 Å². The molecule has 5 rings (SSSR count). The third-order valence-corrected chi connectivity index (χ3v) is 13.8. The lowest BCUT2D eigenvalue weighted by Gasteiger charge is -2.70. The zero-order chi connectivity index (χ0) is 28.1. The number of fused-ring (bicyclic) bond motifs is 7. The van der Waals surface area contributed by atoms with Crippen LogP contribution in [0.2, 0.25) is 0 Å². The number of esters is 1. The van der Waals surface area contributed by atoms with E-state index in [-0.39, 0.29) is 39.7 Å². The minimum Gasteiger partial charge on any atom is -0.481 e. The van der Waals surface area contributed by atoms with Crippen LogP contribution in [0.25, 0.3) is 0 Å². The molecular formula is C32H47ClO5. The van der Waals surface area contributed by atoms with E-state index >= 15 is 0 Å². The summed E-state index contributed by atoms with van der Waals surface area (Å²) in [6, 6.07) is 0. The summed E-state index contributed by atoms with van der Waals surface area (Å²) in [6.45, 7) is 15.9. The van der Waals surface area contributed by atoms with Gasteiger partial charge in [-0.05, 0) is 110 Å². The number of allylic oxidation sites excluding steroid dienone is 2. The van der Waals surface area contributed by atoms with Crippen LogP contribution in [0.1, 0.15) is 99.8 Å². The highest BCUT2D eigenvalue weighted by Crippen LogP contribution is 2.75. The van der Waals surface area contributed by atoms with Crippen molar-refractivity contribution in [1.29, 1.82) is 0 Å². The lowest BCUT2D eigenvalue weighted by Crippen LogP contribution is -2.68. The molecule has 0 aromatic heterocycles. The molecule has 4 unspecified atom stereocenters. The molecule has 0 radical (unpaired) electrons. The Labute approximate surface area is 233 Å². The molecule has 0 heterocycles. The molecule has 0 amide bonds. The summed E-state index contributed by atoms with van der Waals surface area (Å²) in [5.74, 6) is -0.524. The maximum atomic E-state index is 14.4. The predicted molar refractivity (Wildman–Crippen MR) is 148 cm³/mol. The molecule has 0 saturated heterocycles. The smallest absolute Gasteiger partial charge is 0.321 e. The Bertz CT molecular complexity index is 1080. The van der Waals surface area contributed by atoms with Gasteiger partial charge in [-0.2, -0.15) is 0 Å². The summed E-state index contributed by atoms with van der Waals surface area (Å²) in [4.78, 5) is 39.5. The highest BCUT2D eigenvalue weighted by molar-refractivity contribution is 6.26. The normalized spacial score (nSPS) is 52.0. The standard InChI is InChI=1S/C32H47ClO5/c1-18-8-11-28(3)14-15-30(5)20(25(28)19(18)2)16-21(34)26-29(4)12-10-23(38-24(35)17-33)32(7,27(36)37)22(29)9-13-31(26,30)6/h16,18-19,22-23,25-26H,8-15,17H2,1-7H3,(H,36,37)/t18-,19+,22?,23?,25?,26?,28-,29+,30-,31-,32-/m1/s1. The third-order valence-electron chi connectivity index (χ3n) is 13.6. The van der Waals surface area contributed by atoms with Crippen molar-refractivity contribution in [3.05, 3.63) is 11.6 Å². The second kappa shape index (κ2) is 8.82. The van der Waals surface area contributed by atoms with E-state index in [0.29, 0.717) is 37.0 Å². The lowest BCUT2D eigenvalue weighted by atomic mass is 9.33. The maximum Gasteiger partial charge on any atom is 0.321 e. The van der Waals surface area contributed by atoms with Crippen LogP contribution in [0.3, 0.4) is 0 Å². The highest BCUT2D eigenvalue weighted by atomic mass is 35.5. The van der Waals surface area contributed by atoms with Gasteiger partial charge in [-0.1, -0.05) is 47.1 Å². The van der Waals surface area contributed by atoms with Crippen LogP contribution in [-0.2, 0) is 19.1 Å². The van der Waals surface area contributed by atoms with Crippen LogP contribution in [0.15, 0.2) is 11.6 Å². The summed E-state index contributed by atoms with van der Waals surface area (Å²) in [5, 5.41) is 10.6. The number of carbonyl (C=O) groups is 3. The van der Waals surface area contributed by atoms with Crippen molar-refractivity contribution >= 4 is 29.3 Å². The number of aliphatic carboxylic acids is 1. The summed E-state index contributed by atoms with van der Waals surface area (Å²) in [7, 11) is 0. The monoisotopic (exact) mass is 546 g/mol. The molecule has 4 fully saturated rings. The molecule has 5 nitrogen and oxygen atoms in total. The van der Waals surface area contributed by atoms with Crippen molar-refractivity contribution < 1.29 is 24.2 Å². The van der Waals surface area contributed by atoms with Crippen molar-refractivity contribution in [2.75, 3.05) is 5.88 Å². The lowest BCUT2D eigenvalue weighted by molar-refractivity contribution is -0.220. The van der Waals surface area contributed by atoms with Gasteiger partial charge in [0.15, 0.2) is 5.78 Å². The molecule has 6 heteroatoms.